The fourth-order valence-electron chi connectivity index (χ4n) is 3.40. The summed E-state index contributed by atoms with van der Waals surface area (Å²) in [5.41, 5.74) is 0.709. The van der Waals surface area contributed by atoms with Gasteiger partial charge in [0.1, 0.15) is 23.1 Å². The molecule has 0 radical (unpaired) electrons. The summed E-state index contributed by atoms with van der Waals surface area (Å²) in [6, 6.07) is 13.5. The first-order valence-electron chi connectivity index (χ1n) is 10.7. The Morgan fingerprint density at radius 3 is 2.74 bits per heavy atom. The van der Waals surface area contributed by atoms with Gasteiger partial charge in [0.15, 0.2) is 24.8 Å². The molecule has 4 rings (SSSR count). The van der Waals surface area contributed by atoms with Gasteiger partial charge in [-0.2, -0.15) is 0 Å². The van der Waals surface area contributed by atoms with Crippen molar-refractivity contribution in [3.05, 3.63) is 77.5 Å². The second-order valence-corrected chi connectivity index (χ2v) is 7.71. The lowest BCUT2D eigenvalue weighted by molar-refractivity contribution is -0.121. The smallest absolute Gasteiger partial charge is 0.289 e. The number of ether oxygens (including phenoxy) is 2. The molecule has 3 aromatic rings. The zero-order chi connectivity index (χ0) is 24.2. The van der Waals surface area contributed by atoms with Crippen LogP contribution in [0.25, 0.3) is 0 Å². The lowest BCUT2D eigenvalue weighted by atomic mass is 10.1. The van der Waals surface area contributed by atoms with E-state index in [9.17, 15) is 18.8 Å². The maximum absolute atomic E-state index is 13.3. The molecule has 2 aromatic carbocycles. The molecule has 0 bridgehead atoms. The average Bonchev–Trinajstić information content (AvgIpc) is 3.31. The summed E-state index contributed by atoms with van der Waals surface area (Å²) in [5, 5.41) is 0. The second-order valence-electron chi connectivity index (χ2n) is 7.71. The van der Waals surface area contributed by atoms with Gasteiger partial charge in [0.05, 0.1) is 12.2 Å². The SMILES string of the molecule is CCN(C)C(=O)c1ccc(CN2C(=O)COc3ccc(C(=O)COc4cccc(F)c4)cc32)o1. The Kier molecular flexibility index (Phi) is 6.62. The van der Waals surface area contributed by atoms with Crippen LogP contribution >= 0.6 is 0 Å². The van der Waals surface area contributed by atoms with Crippen molar-refractivity contribution >= 4 is 23.3 Å². The summed E-state index contributed by atoms with van der Waals surface area (Å²) in [4.78, 5) is 40.6. The molecule has 0 saturated heterocycles. The van der Waals surface area contributed by atoms with Crippen LogP contribution in [0.4, 0.5) is 10.1 Å². The number of fused-ring (bicyclic) bond motifs is 1. The Labute approximate surface area is 195 Å². The number of Topliss-reactive ketones (excluding diaryl/α,β-unsaturated/α-hetero) is 1. The van der Waals surface area contributed by atoms with Crippen LogP contribution in [0.3, 0.4) is 0 Å². The Balaban J connectivity index is 1.52. The van der Waals surface area contributed by atoms with E-state index in [1.165, 1.54) is 28.0 Å². The number of hydrogen-bond donors (Lipinski definition) is 0. The minimum Gasteiger partial charge on any atom is -0.485 e. The molecule has 2 amide bonds. The Bertz CT molecular complexity index is 1240. The van der Waals surface area contributed by atoms with E-state index in [1.807, 2.05) is 6.92 Å². The number of rotatable bonds is 8. The highest BCUT2D eigenvalue weighted by Crippen LogP contribution is 2.34. The molecule has 1 aromatic heterocycles. The third-order valence-corrected chi connectivity index (χ3v) is 5.40. The maximum Gasteiger partial charge on any atom is 0.289 e. The van der Waals surface area contributed by atoms with E-state index in [1.54, 1.807) is 43.4 Å². The average molecular weight is 466 g/mol. The zero-order valence-corrected chi connectivity index (χ0v) is 18.7. The molecule has 1 aliphatic heterocycles. The van der Waals surface area contributed by atoms with Crippen molar-refractivity contribution in [1.29, 1.82) is 0 Å². The molecule has 1 aliphatic rings. The van der Waals surface area contributed by atoms with Crippen molar-refractivity contribution in [2.24, 2.45) is 0 Å². The molecule has 0 fully saturated rings. The summed E-state index contributed by atoms with van der Waals surface area (Å²) < 4.78 is 29.9. The van der Waals surface area contributed by atoms with Crippen LogP contribution in [-0.4, -0.2) is 49.3 Å². The van der Waals surface area contributed by atoms with Crippen LogP contribution in [0.15, 0.2) is 59.0 Å². The first-order valence-corrected chi connectivity index (χ1v) is 10.7. The van der Waals surface area contributed by atoms with Crippen molar-refractivity contribution in [2.45, 2.75) is 13.5 Å². The van der Waals surface area contributed by atoms with Gasteiger partial charge in [0.2, 0.25) is 0 Å². The van der Waals surface area contributed by atoms with Gasteiger partial charge in [-0.15, -0.1) is 0 Å². The number of carbonyl (C=O) groups excluding carboxylic acids is 3. The Hall–Kier alpha value is -4.14. The number of hydrogen-bond acceptors (Lipinski definition) is 6. The van der Waals surface area contributed by atoms with Gasteiger partial charge in [0, 0.05) is 25.2 Å². The third-order valence-electron chi connectivity index (χ3n) is 5.40. The van der Waals surface area contributed by atoms with Gasteiger partial charge < -0.3 is 18.8 Å². The van der Waals surface area contributed by atoms with Crippen LogP contribution < -0.4 is 14.4 Å². The fourth-order valence-corrected chi connectivity index (χ4v) is 3.40. The number of ketones is 1. The third kappa shape index (κ3) is 4.93. The largest absolute Gasteiger partial charge is 0.485 e. The number of amides is 2. The minimum atomic E-state index is -0.464. The summed E-state index contributed by atoms with van der Waals surface area (Å²) in [5.74, 6) is -0.109. The lowest BCUT2D eigenvalue weighted by Crippen LogP contribution is -2.38. The Morgan fingerprint density at radius 2 is 1.97 bits per heavy atom. The van der Waals surface area contributed by atoms with Gasteiger partial charge in [-0.25, -0.2) is 4.39 Å². The first-order chi connectivity index (χ1) is 16.4. The Morgan fingerprint density at radius 1 is 1.15 bits per heavy atom. The van der Waals surface area contributed by atoms with Crippen molar-refractivity contribution in [1.82, 2.24) is 4.90 Å². The molecule has 2 heterocycles. The molecule has 0 spiro atoms. The van der Waals surface area contributed by atoms with Gasteiger partial charge >= 0.3 is 0 Å². The van der Waals surface area contributed by atoms with Crippen molar-refractivity contribution in [3.8, 4) is 11.5 Å². The maximum atomic E-state index is 13.3. The highest BCUT2D eigenvalue weighted by molar-refractivity contribution is 6.02. The van der Waals surface area contributed by atoms with Gasteiger partial charge in [0.25, 0.3) is 11.8 Å². The molecular weight excluding hydrogens is 443 g/mol. The summed E-state index contributed by atoms with van der Waals surface area (Å²) in [6.07, 6.45) is 0. The quantitative estimate of drug-likeness (QED) is 0.471. The van der Waals surface area contributed by atoms with Crippen LogP contribution in [0.5, 0.6) is 11.5 Å². The normalized spacial score (nSPS) is 12.7. The summed E-state index contributed by atoms with van der Waals surface area (Å²) in [7, 11) is 1.67. The van der Waals surface area contributed by atoms with Crippen LogP contribution in [0.2, 0.25) is 0 Å². The summed E-state index contributed by atoms with van der Waals surface area (Å²) >= 11 is 0. The molecule has 9 heteroatoms. The highest BCUT2D eigenvalue weighted by atomic mass is 19.1. The predicted octanol–water partition coefficient (Wildman–Crippen LogP) is 3.70. The van der Waals surface area contributed by atoms with E-state index in [-0.39, 0.29) is 48.9 Å². The van der Waals surface area contributed by atoms with E-state index in [4.69, 9.17) is 13.9 Å². The standard InChI is InChI=1S/C25H23FN2O6/c1-3-27(2)25(31)23-10-8-19(34-23)13-28-20-11-16(7-9-22(20)33-15-24(28)30)21(29)14-32-18-6-4-5-17(26)12-18/h4-12H,3,13-15H2,1-2H3. The molecule has 0 atom stereocenters. The summed E-state index contributed by atoms with van der Waals surface area (Å²) in [6.45, 7) is 1.99. The molecule has 0 unspecified atom stereocenters. The van der Waals surface area contributed by atoms with Crippen molar-refractivity contribution in [3.63, 3.8) is 0 Å². The van der Waals surface area contributed by atoms with Crippen LogP contribution in [0, 0.1) is 5.82 Å². The predicted molar refractivity (Wildman–Crippen MR) is 121 cm³/mol. The first kappa shape index (κ1) is 23.0. The minimum absolute atomic E-state index is 0.0652. The van der Waals surface area contributed by atoms with Crippen molar-refractivity contribution < 1.29 is 32.7 Å². The van der Waals surface area contributed by atoms with Gasteiger partial charge in [-0.05, 0) is 49.4 Å². The molecule has 0 N–H and O–H groups in total. The number of benzene rings is 2. The molecule has 0 saturated carbocycles. The molecule has 176 valence electrons. The fraction of sp³-hybridized carbons (Fsp3) is 0.240. The topological polar surface area (TPSA) is 89.3 Å². The molecule has 8 nitrogen and oxygen atoms in total. The highest BCUT2D eigenvalue weighted by Gasteiger charge is 2.28. The van der Waals surface area contributed by atoms with E-state index >= 15 is 0 Å². The molecular formula is C25H23FN2O6. The zero-order valence-electron chi connectivity index (χ0n) is 18.7. The number of anilines is 1. The van der Waals surface area contributed by atoms with Gasteiger partial charge in [-0.1, -0.05) is 6.07 Å². The number of nitrogens with zero attached hydrogens (tertiary/aromatic N) is 2. The van der Waals surface area contributed by atoms with Crippen LogP contribution in [0.1, 0.15) is 33.6 Å². The van der Waals surface area contributed by atoms with Crippen molar-refractivity contribution in [2.75, 3.05) is 31.7 Å². The molecule has 0 aliphatic carbocycles. The van der Waals surface area contributed by atoms with Crippen LogP contribution in [-0.2, 0) is 11.3 Å². The number of halogens is 1. The molecule has 34 heavy (non-hydrogen) atoms. The van der Waals surface area contributed by atoms with E-state index in [0.717, 1.165) is 0 Å². The van der Waals surface area contributed by atoms with E-state index in [0.29, 0.717) is 29.3 Å². The van der Waals surface area contributed by atoms with Gasteiger partial charge in [-0.3, -0.25) is 19.3 Å². The van der Waals surface area contributed by atoms with E-state index < -0.39 is 5.82 Å². The van der Waals surface area contributed by atoms with E-state index in [2.05, 4.69) is 0 Å². The number of furan rings is 1. The second kappa shape index (κ2) is 9.78. The number of carbonyl (C=O) groups is 3. The monoisotopic (exact) mass is 466 g/mol. The lowest BCUT2D eigenvalue weighted by Gasteiger charge is -2.29.